The molecule has 20 heteroatoms. The van der Waals surface area contributed by atoms with E-state index in [9.17, 15) is 39.0 Å². The molecule has 16 nitrogen and oxygen atoms in total. The highest BCUT2D eigenvalue weighted by atomic mass is 35.5. The van der Waals surface area contributed by atoms with Crippen LogP contribution in [0.1, 0.15) is 88.2 Å². The second-order valence-electron chi connectivity index (χ2n) is 16.9. The van der Waals surface area contributed by atoms with Crippen molar-refractivity contribution in [3.63, 3.8) is 0 Å². The van der Waals surface area contributed by atoms with Gasteiger partial charge in [0.05, 0.1) is 0 Å². The molecule has 0 saturated carbocycles. The molecule has 4 amide bonds. The van der Waals surface area contributed by atoms with E-state index in [1.54, 1.807) is 0 Å². The summed E-state index contributed by atoms with van der Waals surface area (Å²) in [5, 5.41) is 37.2. The van der Waals surface area contributed by atoms with E-state index >= 15 is 0 Å². The predicted molar refractivity (Wildman–Crippen MR) is 272 cm³/mol. The zero-order valence-corrected chi connectivity index (χ0v) is 42.1. The molecule has 68 heavy (non-hydrogen) atoms. The molecule has 2 aromatic rings. The maximum absolute atomic E-state index is 13.3. The van der Waals surface area contributed by atoms with Gasteiger partial charge in [-0.2, -0.15) is 0 Å². The lowest BCUT2D eigenvalue weighted by Gasteiger charge is -2.23. The second kappa shape index (κ2) is 34.3. The number of carbonyl (C=O) groups excluding carboxylic acids is 4. The Balaban J connectivity index is 1.43. The fourth-order valence-electron chi connectivity index (χ4n) is 7.88. The number of carboxylic acid groups (broad SMARTS) is 2. The molecule has 1 fully saturated rings. The molecule has 4 atom stereocenters. The first kappa shape index (κ1) is 58.3. The summed E-state index contributed by atoms with van der Waals surface area (Å²) in [6.07, 6.45) is 5.77. The number of anilines is 2. The highest BCUT2D eigenvalue weighted by molar-refractivity contribution is 6.19. The van der Waals surface area contributed by atoms with E-state index in [1.807, 2.05) is 48.5 Å². The lowest BCUT2D eigenvalue weighted by atomic mass is 10.0. The van der Waals surface area contributed by atoms with Gasteiger partial charge in [0.2, 0.25) is 23.6 Å². The first-order chi connectivity index (χ1) is 32.9. The number of amides is 4. The molecule has 1 aliphatic rings. The van der Waals surface area contributed by atoms with E-state index in [1.165, 1.54) is 0 Å². The van der Waals surface area contributed by atoms with Crippen molar-refractivity contribution in [1.29, 1.82) is 0 Å². The molecule has 8 N–H and O–H groups in total. The molecule has 0 spiro atoms. The highest BCUT2D eigenvalue weighted by Crippen LogP contribution is 2.19. The van der Waals surface area contributed by atoms with Crippen molar-refractivity contribution in [1.82, 2.24) is 31.9 Å². The first-order valence-electron chi connectivity index (χ1n) is 23.9. The van der Waals surface area contributed by atoms with Gasteiger partial charge in [-0.1, -0.05) is 24.3 Å². The van der Waals surface area contributed by atoms with E-state index in [0.29, 0.717) is 146 Å². The molecule has 0 radical (unpaired) electrons. The number of alkyl halides is 4. The summed E-state index contributed by atoms with van der Waals surface area (Å²) in [5.74, 6) is -1.49. The Labute approximate surface area is 421 Å². The van der Waals surface area contributed by atoms with Crippen LogP contribution in [0.15, 0.2) is 48.5 Å². The Hall–Kier alpha value is -4.06. The van der Waals surface area contributed by atoms with Crippen molar-refractivity contribution in [3.05, 3.63) is 59.7 Å². The quantitative estimate of drug-likeness (QED) is 0.0382. The number of rotatable bonds is 30. The molecule has 0 unspecified atom stereocenters. The number of nitrogens with one attached hydrogen (secondary N) is 6. The van der Waals surface area contributed by atoms with E-state index in [2.05, 4.69) is 41.7 Å². The summed E-state index contributed by atoms with van der Waals surface area (Å²) in [6.45, 7) is 3.78. The van der Waals surface area contributed by atoms with Crippen molar-refractivity contribution in [2.45, 2.75) is 114 Å². The number of carbonyl (C=O) groups is 6. The Morgan fingerprint density at radius 3 is 1.37 bits per heavy atom. The third-order valence-corrected chi connectivity index (χ3v) is 12.4. The third kappa shape index (κ3) is 23.0. The van der Waals surface area contributed by atoms with Gasteiger partial charge in [-0.05, 0) is 126 Å². The molecular formula is C48H72Cl4N8O8. The first-order valence-corrected chi connectivity index (χ1v) is 26.0. The smallest absolute Gasteiger partial charge is 0.320 e. The van der Waals surface area contributed by atoms with Crippen molar-refractivity contribution < 1.29 is 39.0 Å². The summed E-state index contributed by atoms with van der Waals surface area (Å²) in [4.78, 5) is 80.7. The average molecular weight is 1030 g/mol. The number of halogens is 4. The molecule has 0 bridgehead atoms. The molecular weight excluding hydrogens is 958 g/mol. The van der Waals surface area contributed by atoms with Gasteiger partial charge in [-0.25, -0.2) is 0 Å². The molecule has 1 heterocycles. The minimum Gasteiger partial charge on any atom is -0.480 e. The number of hydrogen-bond donors (Lipinski definition) is 8. The summed E-state index contributed by atoms with van der Waals surface area (Å²) in [6, 6.07) is 12.7. The van der Waals surface area contributed by atoms with Gasteiger partial charge in [0.1, 0.15) is 24.2 Å². The van der Waals surface area contributed by atoms with Gasteiger partial charge in [0.15, 0.2) is 0 Å². The molecule has 2 aromatic carbocycles. The number of benzene rings is 2. The minimum absolute atomic E-state index is 0.0137. The van der Waals surface area contributed by atoms with Crippen molar-refractivity contribution >= 4 is 93.3 Å². The number of aliphatic carboxylic acids is 2. The fourth-order valence-corrected chi connectivity index (χ4v) is 8.70. The van der Waals surface area contributed by atoms with Crippen molar-refractivity contribution in [2.24, 2.45) is 0 Å². The van der Waals surface area contributed by atoms with Gasteiger partial charge in [0.25, 0.3) is 0 Å². The van der Waals surface area contributed by atoms with Crippen molar-refractivity contribution in [3.8, 4) is 0 Å². The van der Waals surface area contributed by atoms with Gasteiger partial charge in [0, 0.05) is 87.0 Å². The summed E-state index contributed by atoms with van der Waals surface area (Å²) < 4.78 is 0. The van der Waals surface area contributed by atoms with E-state index in [0.717, 1.165) is 22.5 Å². The van der Waals surface area contributed by atoms with Crippen LogP contribution in [0.3, 0.4) is 0 Å². The van der Waals surface area contributed by atoms with Crippen LogP contribution in [0.2, 0.25) is 0 Å². The Kier molecular flexibility index (Phi) is 29.4. The SMILES string of the molecule is O=C1CCCCNC(=O)[C@H](CCCCN[C@H](CCc2ccc(N(CCCl)CCCl)cc2)C(=O)O)NC(=O)CCNC(=O)[C@H](CCCCN[C@@H](CCc2ccc(N(CCCl)CCCl)cc2)C(=O)O)N1. The van der Waals surface area contributed by atoms with E-state index < -0.39 is 47.9 Å². The van der Waals surface area contributed by atoms with Crippen LogP contribution >= 0.6 is 46.4 Å². The van der Waals surface area contributed by atoms with Gasteiger partial charge in [-0.3, -0.25) is 28.8 Å². The summed E-state index contributed by atoms with van der Waals surface area (Å²) >= 11 is 23.8. The zero-order chi connectivity index (χ0) is 49.5. The average Bonchev–Trinajstić information content (AvgIpc) is 3.31. The lowest BCUT2D eigenvalue weighted by molar-refractivity contribution is -0.140. The lowest BCUT2D eigenvalue weighted by Crippen LogP contribution is -2.49. The Morgan fingerprint density at radius 2 is 0.971 bits per heavy atom. The molecule has 380 valence electrons. The topological polar surface area (TPSA) is 222 Å². The summed E-state index contributed by atoms with van der Waals surface area (Å²) in [5.41, 5.74) is 4.03. The number of hydrogen-bond acceptors (Lipinski definition) is 10. The molecule has 1 aliphatic heterocycles. The molecule has 0 aliphatic carbocycles. The highest BCUT2D eigenvalue weighted by Gasteiger charge is 2.24. The number of unbranched alkanes of at least 4 members (excludes halogenated alkanes) is 2. The van der Waals surface area contributed by atoms with Crippen molar-refractivity contribution in [2.75, 3.05) is 85.7 Å². The summed E-state index contributed by atoms with van der Waals surface area (Å²) in [7, 11) is 0. The standard InChI is InChI=1S/C48H72Cl4N8O8/c49-23-31-59(32-24-50)37-16-10-35(11-17-37)14-20-41(47(65)66)53-27-4-1-7-39-45(63)55-29-6-3-9-43(61)57-40(46(64)56-30-22-44(62)58-39)8-2-5-28-54-42(48(67)68)21-15-36-12-18-38(19-13-36)60(33-25-51)34-26-52/h10-13,16-19,39-42,53-54H,1-9,14-15,20-34H2,(H,55,63)(H,56,64)(H,57,61)(H,58,62)(H,65,66)(H,67,68)/t39-,40-,41+,42-/m0/s1. The molecule has 3 rings (SSSR count). The zero-order valence-electron chi connectivity index (χ0n) is 39.1. The largest absolute Gasteiger partial charge is 0.480 e. The van der Waals surface area contributed by atoms with Crippen LogP contribution < -0.4 is 41.7 Å². The Morgan fingerprint density at radius 1 is 0.574 bits per heavy atom. The van der Waals surface area contributed by atoms with Crippen LogP contribution in [-0.2, 0) is 41.6 Å². The maximum Gasteiger partial charge on any atom is 0.320 e. The minimum atomic E-state index is -0.949. The van der Waals surface area contributed by atoms with E-state index in [-0.39, 0.29) is 31.2 Å². The number of carboxylic acids is 2. The molecule has 1 saturated heterocycles. The van der Waals surface area contributed by atoms with Gasteiger partial charge in [-0.15, -0.1) is 46.4 Å². The second-order valence-corrected chi connectivity index (χ2v) is 18.4. The van der Waals surface area contributed by atoms with Crippen LogP contribution in [0, 0.1) is 0 Å². The van der Waals surface area contributed by atoms with Gasteiger partial charge >= 0.3 is 11.9 Å². The van der Waals surface area contributed by atoms with E-state index in [4.69, 9.17) is 46.4 Å². The Bertz CT molecular complexity index is 1800. The number of aryl methyl sites for hydroxylation is 2. The fraction of sp³-hybridized carbons (Fsp3) is 0.625. The third-order valence-electron chi connectivity index (χ3n) is 11.8. The normalized spacial score (nSPS) is 17.3. The van der Waals surface area contributed by atoms with Crippen LogP contribution in [0.5, 0.6) is 0 Å². The molecule has 0 aromatic heterocycles. The predicted octanol–water partition coefficient (Wildman–Crippen LogP) is 5.02. The monoisotopic (exact) mass is 1030 g/mol. The van der Waals surface area contributed by atoms with Gasteiger partial charge < -0.3 is 51.9 Å². The van der Waals surface area contributed by atoms with Crippen LogP contribution in [0.4, 0.5) is 11.4 Å². The van der Waals surface area contributed by atoms with Crippen LogP contribution in [-0.4, -0.2) is 146 Å². The van der Waals surface area contributed by atoms with Crippen LogP contribution in [0.25, 0.3) is 0 Å². The number of nitrogens with zero attached hydrogens (tertiary/aromatic N) is 2. The maximum atomic E-state index is 13.3.